The van der Waals surface area contributed by atoms with Gasteiger partial charge in [0.15, 0.2) is 11.6 Å². The molecule has 0 bridgehead atoms. The van der Waals surface area contributed by atoms with E-state index in [4.69, 9.17) is 19.2 Å². The maximum atomic E-state index is 17.9. The number of rotatable bonds is 17. The number of fused-ring (bicyclic) bond motifs is 6. The second-order valence-electron chi connectivity index (χ2n) is 24.6. The van der Waals surface area contributed by atoms with E-state index in [0.29, 0.717) is 96.5 Å². The van der Waals surface area contributed by atoms with Crippen LogP contribution in [-0.4, -0.2) is 142 Å². The molecule has 3 N–H and O–H groups in total. The Morgan fingerprint density at radius 3 is 2.11 bits per heavy atom. The lowest BCUT2D eigenvalue weighted by atomic mass is 9.88. The van der Waals surface area contributed by atoms with Crippen molar-refractivity contribution in [3.63, 3.8) is 0 Å². The highest BCUT2D eigenvalue weighted by atomic mass is 19.2. The Hall–Kier alpha value is -8.21. The zero-order chi connectivity index (χ0) is 61.5. The van der Waals surface area contributed by atoms with Crippen molar-refractivity contribution in [2.45, 2.75) is 126 Å². The van der Waals surface area contributed by atoms with Crippen LogP contribution in [-0.2, 0) is 19.3 Å². The summed E-state index contributed by atoms with van der Waals surface area (Å²) < 4.78 is 118. The molecule has 4 aromatic carbocycles. The van der Waals surface area contributed by atoms with E-state index in [2.05, 4.69) is 34.8 Å². The van der Waals surface area contributed by atoms with Crippen LogP contribution in [0.3, 0.4) is 0 Å². The molecule has 5 aliphatic rings. The lowest BCUT2D eigenvalue weighted by molar-refractivity contribution is 0.0842. The first kappa shape index (κ1) is 58.5. The standard InChI is InChI=1S/C67H66F6N10O6/c1-3-43-51(70)13-12-37-21-41(85)23-47(54(37)43)58-57(73)61-50(30-76-58)63(87-20-7-10-36-9-5-17-74-28-36)80-65(78-61)89-35-67-16-14-53(83(67)32-39(69)27-67)45-25-52(71)44(4-2)55-46(45)22-42(86)24-48(55)59-56(72)60-49(29-75-59)62(81-18-6-11-40(84)33-81)79-64(77-60)88-34-66-15-8-19-82(66)31-38(68)26-66/h5,9,12-13,17,21-25,28-30,38-40,53,84-86H,3-4,6-8,10-11,14-16,18-20,26-27,31-35H2,1-2H3/t38-,39-,40?,53?,66+,67+/m1/s1. The molecule has 5 saturated heterocycles. The highest BCUT2D eigenvalue weighted by molar-refractivity contribution is 6.04. The average molecular weight is 1220 g/mol. The van der Waals surface area contributed by atoms with Gasteiger partial charge in [0, 0.05) is 81.0 Å². The number of phenols is 2. The van der Waals surface area contributed by atoms with Gasteiger partial charge in [-0.05, 0) is 157 Å². The van der Waals surface area contributed by atoms with Crippen LogP contribution < -0.4 is 19.1 Å². The van der Waals surface area contributed by atoms with Crippen molar-refractivity contribution in [3.8, 4) is 51.9 Å². The van der Waals surface area contributed by atoms with Crippen LogP contribution in [0.25, 0.3) is 65.9 Å². The number of aryl methyl sites for hydroxylation is 3. The second kappa shape index (κ2) is 23.3. The van der Waals surface area contributed by atoms with Crippen molar-refractivity contribution in [2.75, 3.05) is 57.4 Å². The molecule has 0 radical (unpaired) electrons. The largest absolute Gasteiger partial charge is 0.508 e. The molecule has 5 aliphatic heterocycles. The number of alkyl halides is 2. The van der Waals surface area contributed by atoms with Gasteiger partial charge in [0.1, 0.15) is 76.9 Å². The SMILES string of the molecule is CCc1c(F)ccc2cc(O)cc(-c3ncc4c(OCCCc5cccnc5)nc(OC[C@@]56CCC(c7cc(F)c(CC)c8c(-c9ncc%10c(N%11CCCC(O)C%11)nc(OC[C@@]%11%12CCCN%11C[C@H](F)C%12)nc%10c9F)cc(O)cc78)N5C[C@H](F)C6)nc4c3F)c12. The minimum atomic E-state index is -1.35. The number of hydrogen-bond donors (Lipinski definition) is 3. The summed E-state index contributed by atoms with van der Waals surface area (Å²) in [4.78, 5) is 38.0. The number of halogens is 6. The molecule has 6 atom stereocenters. The molecule has 0 amide bonds. The predicted octanol–water partition coefficient (Wildman–Crippen LogP) is 12.1. The molecule has 0 spiro atoms. The summed E-state index contributed by atoms with van der Waals surface area (Å²) in [6.07, 6.45) is 8.66. The van der Waals surface area contributed by atoms with Crippen LogP contribution in [0.2, 0.25) is 0 Å². The lowest BCUT2D eigenvalue weighted by Crippen LogP contribution is -2.44. The van der Waals surface area contributed by atoms with Gasteiger partial charge >= 0.3 is 12.0 Å². The van der Waals surface area contributed by atoms with Gasteiger partial charge in [-0.25, -0.2) is 26.3 Å². The Morgan fingerprint density at radius 2 is 1.36 bits per heavy atom. The quantitative estimate of drug-likeness (QED) is 0.0576. The van der Waals surface area contributed by atoms with E-state index in [1.54, 1.807) is 26.2 Å². The molecular formula is C67H66F6N10O6. The number of piperidine rings is 1. The number of aliphatic hydroxyl groups is 1. The van der Waals surface area contributed by atoms with E-state index in [9.17, 15) is 19.7 Å². The van der Waals surface area contributed by atoms with Gasteiger partial charge in [-0.15, -0.1) is 0 Å². The van der Waals surface area contributed by atoms with E-state index in [0.717, 1.165) is 24.9 Å². The van der Waals surface area contributed by atoms with Crippen molar-refractivity contribution < 1.29 is 55.9 Å². The smallest absolute Gasteiger partial charge is 0.320 e. The number of anilines is 1. The normalized spacial score (nSPS) is 22.9. The number of aliphatic hydroxyl groups excluding tert-OH is 1. The topological polar surface area (TPSA) is 188 Å². The molecule has 0 saturated carbocycles. The minimum absolute atomic E-state index is 0.00975. The average Bonchev–Trinajstić information content (AvgIpc) is 1.76. The zero-order valence-corrected chi connectivity index (χ0v) is 49.3. The first-order valence-electron chi connectivity index (χ1n) is 30.8. The van der Waals surface area contributed by atoms with Crippen molar-refractivity contribution in [2.24, 2.45) is 0 Å². The van der Waals surface area contributed by atoms with Gasteiger partial charge in [0.05, 0.1) is 34.6 Å². The van der Waals surface area contributed by atoms with Crippen molar-refractivity contribution in [3.05, 3.63) is 125 Å². The van der Waals surface area contributed by atoms with Crippen LogP contribution >= 0.6 is 0 Å². The molecule has 22 heteroatoms. The van der Waals surface area contributed by atoms with Crippen LogP contribution in [0.5, 0.6) is 29.4 Å². The number of β-amino-alcohol motifs (C(OH)–C–C–N with tert-alkyl or cyclic N) is 1. The Morgan fingerprint density at radius 1 is 0.663 bits per heavy atom. The molecule has 0 aliphatic carbocycles. The van der Waals surface area contributed by atoms with Gasteiger partial charge in [0.25, 0.3) is 0 Å². The summed E-state index contributed by atoms with van der Waals surface area (Å²) in [5.41, 5.74) is -0.213. The first-order chi connectivity index (χ1) is 43.1. The Balaban J connectivity index is 0.818. The van der Waals surface area contributed by atoms with Crippen LogP contribution in [0, 0.1) is 23.3 Å². The first-order valence-corrected chi connectivity index (χ1v) is 30.8. The summed E-state index contributed by atoms with van der Waals surface area (Å²) in [5.74, 6) is -3.06. The fourth-order valence-electron chi connectivity index (χ4n) is 15.1. The number of hydrogen-bond acceptors (Lipinski definition) is 16. The summed E-state index contributed by atoms with van der Waals surface area (Å²) in [6.45, 7) is 5.28. The van der Waals surface area contributed by atoms with E-state index >= 15 is 22.0 Å². The van der Waals surface area contributed by atoms with Crippen molar-refractivity contribution in [1.82, 2.24) is 44.7 Å². The van der Waals surface area contributed by atoms with Crippen molar-refractivity contribution in [1.29, 1.82) is 0 Å². The number of pyridine rings is 3. The molecule has 2 unspecified atom stereocenters. The summed E-state index contributed by atoms with van der Waals surface area (Å²) >= 11 is 0. The van der Waals surface area contributed by atoms with Gasteiger partial charge in [0.2, 0.25) is 5.88 Å². The Bertz CT molecular complexity index is 4250. The highest BCUT2D eigenvalue weighted by Crippen LogP contribution is 2.53. The summed E-state index contributed by atoms with van der Waals surface area (Å²) in [5, 5.41) is 35.3. The maximum Gasteiger partial charge on any atom is 0.320 e. The number of benzene rings is 4. The fraction of sp³-hybridized carbons (Fsp3) is 0.418. The maximum absolute atomic E-state index is 17.9. The fourth-order valence-corrected chi connectivity index (χ4v) is 15.1. The molecule has 89 heavy (non-hydrogen) atoms. The third-order valence-corrected chi connectivity index (χ3v) is 19.1. The van der Waals surface area contributed by atoms with Gasteiger partial charge < -0.3 is 34.4 Å². The third-order valence-electron chi connectivity index (χ3n) is 19.1. The Labute approximate surface area is 508 Å². The zero-order valence-electron chi connectivity index (χ0n) is 49.3. The van der Waals surface area contributed by atoms with Gasteiger partial charge in [-0.1, -0.05) is 26.0 Å². The second-order valence-corrected chi connectivity index (χ2v) is 24.6. The summed E-state index contributed by atoms with van der Waals surface area (Å²) in [7, 11) is 0. The predicted molar refractivity (Wildman–Crippen MR) is 323 cm³/mol. The van der Waals surface area contributed by atoms with Crippen molar-refractivity contribution >= 4 is 49.2 Å². The molecule has 14 rings (SSSR count). The van der Waals surface area contributed by atoms with E-state index in [1.165, 1.54) is 54.9 Å². The number of ether oxygens (including phenoxy) is 3. The Kier molecular flexibility index (Phi) is 15.3. The molecule has 10 heterocycles. The van der Waals surface area contributed by atoms with Crippen LogP contribution in [0.15, 0.2) is 79.4 Å². The third kappa shape index (κ3) is 10.5. The minimum Gasteiger partial charge on any atom is -0.508 e. The number of aromatic hydroxyl groups is 2. The van der Waals surface area contributed by atoms with Gasteiger partial charge in [-0.3, -0.25) is 24.8 Å². The highest BCUT2D eigenvalue weighted by Gasteiger charge is 2.55. The molecule has 462 valence electrons. The molecule has 5 fully saturated rings. The van der Waals surface area contributed by atoms with E-state index in [1.807, 2.05) is 21.9 Å². The van der Waals surface area contributed by atoms with E-state index in [-0.39, 0.29) is 131 Å². The number of nitrogens with zero attached hydrogens (tertiary/aromatic N) is 10. The van der Waals surface area contributed by atoms with Gasteiger partial charge in [-0.2, -0.15) is 19.9 Å². The summed E-state index contributed by atoms with van der Waals surface area (Å²) in [6, 6.07) is 12.6. The van der Waals surface area contributed by atoms with Crippen LogP contribution in [0.1, 0.15) is 99.9 Å². The molecule has 9 aromatic rings. The van der Waals surface area contributed by atoms with E-state index < -0.39 is 58.8 Å². The molecular weight excluding hydrogens is 1150 g/mol. The number of aromatic nitrogens is 7. The molecule has 5 aromatic heterocycles. The lowest BCUT2D eigenvalue weighted by Gasteiger charge is -2.35. The monoisotopic (exact) mass is 1220 g/mol. The van der Waals surface area contributed by atoms with Crippen LogP contribution in [0.4, 0.5) is 32.2 Å². The molecule has 16 nitrogen and oxygen atoms in total. The number of phenolic OH excluding ortho intramolecular Hbond substituents is 2.